The average Bonchev–Trinajstić information content (AvgIpc) is 3.38. The van der Waals surface area contributed by atoms with E-state index < -0.39 is 9.84 Å². The fourth-order valence-electron chi connectivity index (χ4n) is 4.00. The van der Waals surface area contributed by atoms with Gasteiger partial charge >= 0.3 is 0 Å². The summed E-state index contributed by atoms with van der Waals surface area (Å²) in [5.74, 6) is 0.842. The number of nitrogens with one attached hydrogen (secondary N) is 1. The van der Waals surface area contributed by atoms with Gasteiger partial charge in [-0.05, 0) is 36.5 Å². The summed E-state index contributed by atoms with van der Waals surface area (Å²) in [7, 11) is -3.35. The number of nitrogens with zero attached hydrogens (tertiary/aromatic N) is 3. The molecule has 0 bridgehead atoms. The average molecular weight is 561 g/mol. The van der Waals surface area contributed by atoms with Gasteiger partial charge < -0.3 is 10.2 Å². The summed E-state index contributed by atoms with van der Waals surface area (Å²) >= 11 is 0. The summed E-state index contributed by atoms with van der Waals surface area (Å²) in [6, 6.07) is 7.81. The van der Waals surface area contributed by atoms with Crippen LogP contribution in [0.5, 0.6) is 0 Å². The van der Waals surface area contributed by atoms with Crippen molar-refractivity contribution >= 4 is 39.8 Å². The molecule has 1 aromatic rings. The van der Waals surface area contributed by atoms with E-state index in [0.29, 0.717) is 10.9 Å². The topological polar surface area (TPSA) is 65.0 Å². The number of guanidine groups is 1. The van der Waals surface area contributed by atoms with Gasteiger partial charge in [-0.2, -0.15) is 0 Å². The number of halogens is 1. The lowest BCUT2D eigenvalue weighted by molar-refractivity contribution is 0.259. The van der Waals surface area contributed by atoms with Crippen LogP contribution >= 0.6 is 24.0 Å². The molecule has 31 heavy (non-hydrogen) atoms. The van der Waals surface area contributed by atoms with Crippen LogP contribution in [0.4, 0.5) is 0 Å². The molecule has 1 unspecified atom stereocenters. The molecule has 1 atom stereocenters. The molecule has 1 aromatic carbocycles. The molecule has 0 amide bonds. The van der Waals surface area contributed by atoms with E-state index in [1.54, 1.807) is 12.1 Å². The van der Waals surface area contributed by atoms with Crippen LogP contribution in [0.15, 0.2) is 46.3 Å². The molecule has 6 nitrogen and oxygen atoms in total. The highest BCUT2D eigenvalue weighted by atomic mass is 127. The highest BCUT2D eigenvalue weighted by Crippen LogP contribution is 2.24. The number of likely N-dealkylation sites (tertiary alicyclic amines) is 1. The van der Waals surface area contributed by atoms with E-state index in [4.69, 9.17) is 0 Å². The molecule has 2 aliphatic heterocycles. The summed E-state index contributed by atoms with van der Waals surface area (Å²) < 4.78 is 25.5. The number of rotatable bonds is 6. The Labute approximate surface area is 205 Å². The van der Waals surface area contributed by atoms with Gasteiger partial charge in [0.2, 0.25) is 0 Å². The van der Waals surface area contributed by atoms with Crippen LogP contribution in [0.2, 0.25) is 0 Å². The van der Waals surface area contributed by atoms with Crippen LogP contribution in [-0.2, 0) is 15.3 Å². The van der Waals surface area contributed by atoms with Gasteiger partial charge in [-0.1, -0.05) is 45.1 Å². The lowest BCUT2D eigenvalue weighted by atomic mass is 9.87. The maximum absolute atomic E-state index is 12.8. The second-order valence-corrected chi connectivity index (χ2v) is 11.3. The Bertz CT molecular complexity index is 868. The van der Waals surface area contributed by atoms with E-state index in [1.807, 2.05) is 19.1 Å². The van der Waals surface area contributed by atoms with Gasteiger partial charge in [-0.15, -0.1) is 24.0 Å². The minimum absolute atomic E-state index is 0. The Kier molecular flexibility index (Phi) is 9.39. The van der Waals surface area contributed by atoms with Crippen molar-refractivity contribution in [2.75, 3.05) is 45.0 Å². The van der Waals surface area contributed by atoms with Gasteiger partial charge in [0.1, 0.15) is 0 Å². The third-order valence-corrected chi connectivity index (χ3v) is 7.57. The predicted molar refractivity (Wildman–Crippen MR) is 139 cm³/mol. The largest absolute Gasteiger partial charge is 0.357 e. The molecule has 0 spiro atoms. The van der Waals surface area contributed by atoms with Crippen LogP contribution in [0, 0.1) is 0 Å². The van der Waals surface area contributed by atoms with Crippen LogP contribution in [-0.4, -0.2) is 75.2 Å². The number of aliphatic imine (C=N–C) groups is 1. The first-order valence-corrected chi connectivity index (χ1v) is 12.6. The monoisotopic (exact) mass is 560 g/mol. The molecule has 1 fully saturated rings. The Hall–Kier alpha value is -1.13. The first-order chi connectivity index (χ1) is 14.2. The molecule has 0 radical (unpaired) electrons. The van der Waals surface area contributed by atoms with Crippen LogP contribution in [0.25, 0.3) is 0 Å². The molecule has 1 N–H and O–H groups in total. The van der Waals surface area contributed by atoms with Gasteiger partial charge in [0.15, 0.2) is 15.8 Å². The van der Waals surface area contributed by atoms with E-state index in [0.717, 1.165) is 50.7 Å². The Morgan fingerprint density at radius 1 is 1.16 bits per heavy atom. The van der Waals surface area contributed by atoms with Gasteiger partial charge in [-0.3, -0.25) is 9.89 Å². The summed E-state index contributed by atoms with van der Waals surface area (Å²) in [6.07, 6.45) is 5.56. The van der Waals surface area contributed by atoms with Crippen molar-refractivity contribution in [2.45, 2.75) is 50.5 Å². The summed E-state index contributed by atoms with van der Waals surface area (Å²) in [5.41, 5.74) is 1.14. The normalized spacial score (nSPS) is 20.2. The van der Waals surface area contributed by atoms with E-state index in [9.17, 15) is 8.42 Å². The molecule has 2 aliphatic rings. The van der Waals surface area contributed by atoms with E-state index in [-0.39, 0.29) is 41.7 Å². The SMILES string of the molecule is CCNC(=NCCS(=O)(=O)c1ccc(C(C)(C)C)cc1)N1CCC(N2CC=CC2)C1.I. The molecule has 2 heterocycles. The van der Waals surface area contributed by atoms with E-state index in [2.05, 4.69) is 53.0 Å². The van der Waals surface area contributed by atoms with Crippen LogP contribution in [0.1, 0.15) is 39.7 Å². The third-order valence-electron chi connectivity index (χ3n) is 5.86. The minimum atomic E-state index is -3.35. The number of sulfone groups is 1. The van der Waals surface area contributed by atoms with Gasteiger partial charge in [0.05, 0.1) is 17.2 Å². The van der Waals surface area contributed by atoms with Crippen molar-refractivity contribution < 1.29 is 8.42 Å². The predicted octanol–water partition coefficient (Wildman–Crippen LogP) is 3.29. The second-order valence-electron chi connectivity index (χ2n) is 9.14. The molecule has 3 rings (SSSR count). The zero-order valence-corrected chi connectivity index (χ0v) is 22.3. The maximum atomic E-state index is 12.8. The fourth-order valence-corrected chi connectivity index (χ4v) is 5.12. The molecule has 1 saturated heterocycles. The Balaban J connectivity index is 0.00000341. The summed E-state index contributed by atoms with van der Waals surface area (Å²) in [4.78, 5) is 9.76. The zero-order valence-electron chi connectivity index (χ0n) is 19.2. The number of hydrogen-bond acceptors (Lipinski definition) is 4. The minimum Gasteiger partial charge on any atom is -0.357 e. The smallest absolute Gasteiger partial charge is 0.194 e. The van der Waals surface area contributed by atoms with Crippen molar-refractivity contribution in [3.8, 4) is 0 Å². The van der Waals surface area contributed by atoms with E-state index in [1.165, 1.54) is 0 Å². The molecular weight excluding hydrogens is 523 g/mol. The summed E-state index contributed by atoms with van der Waals surface area (Å²) in [6.45, 7) is 13.4. The second kappa shape index (κ2) is 11.1. The van der Waals surface area contributed by atoms with Crippen molar-refractivity contribution in [3.05, 3.63) is 42.0 Å². The molecule has 8 heteroatoms. The van der Waals surface area contributed by atoms with Crippen molar-refractivity contribution in [1.82, 2.24) is 15.1 Å². The zero-order chi connectivity index (χ0) is 21.8. The Morgan fingerprint density at radius 3 is 2.39 bits per heavy atom. The molecule has 0 aliphatic carbocycles. The van der Waals surface area contributed by atoms with Gasteiger partial charge in [0.25, 0.3) is 0 Å². The van der Waals surface area contributed by atoms with Gasteiger partial charge in [-0.25, -0.2) is 8.42 Å². The molecule has 0 saturated carbocycles. The number of benzene rings is 1. The first-order valence-electron chi connectivity index (χ1n) is 11.0. The molecule has 174 valence electrons. The fraction of sp³-hybridized carbons (Fsp3) is 0.609. The lowest BCUT2D eigenvalue weighted by Crippen LogP contribution is -2.43. The first kappa shape index (κ1) is 26.1. The van der Waals surface area contributed by atoms with Crippen molar-refractivity contribution in [1.29, 1.82) is 0 Å². The standard InChI is InChI=1S/C23H36N4O2S.HI/c1-5-24-22(27-16-12-20(18-27)26-14-6-7-15-26)25-13-17-30(28,29)21-10-8-19(9-11-21)23(2,3)4;/h6-11,20H,5,12-18H2,1-4H3,(H,24,25);1H. The van der Waals surface area contributed by atoms with Crippen LogP contribution in [0.3, 0.4) is 0 Å². The third kappa shape index (κ3) is 6.92. The van der Waals surface area contributed by atoms with Crippen molar-refractivity contribution in [3.63, 3.8) is 0 Å². The van der Waals surface area contributed by atoms with Crippen LogP contribution < -0.4 is 5.32 Å². The Morgan fingerprint density at radius 2 is 1.81 bits per heavy atom. The number of hydrogen-bond donors (Lipinski definition) is 1. The van der Waals surface area contributed by atoms with E-state index >= 15 is 0 Å². The molecular formula is C23H37IN4O2S. The maximum Gasteiger partial charge on any atom is 0.194 e. The molecule has 0 aromatic heterocycles. The summed E-state index contributed by atoms with van der Waals surface area (Å²) in [5, 5.41) is 3.33. The quantitative estimate of drug-likeness (QED) is 0.251. The van der Waals surface area contributed by atoms with Crippen molar-refractivity contribution in [2.24, 2.45) is 4.99 Å². The lowest BCUT2D eigenvalue weighted by Gasteiger charge is -2.25. The van der Waals surface area contributed by atoms with Gasteiger partial charge in [0, 0.05) is 38.8 Å². The highest BCUT2D eigenvalue weighted by Gasteiger charge is 2.29. The highest BCUT2D eigenvalue weighted by molar-refractivity contribution is 14.0.